The fourth-order valence-corrected chi connectivity index (χ4v) is 3.02. The lowest BCUT2D eigenvalue weighted by molar-refractivity contribution is -0.111. The Kier molecular flexibility index (Phi) is 4.93. The van der Waals surface area contributed by atoms with Gasteiger partial charge in [0.15, 0.2) is 0 Å². The molecule has 0 saturated carbocycles. The Morgan fingerprint density at radius 3 is 2.67 bits per heavy atom. The van der Waals surface area contributed by atoms with Gasteiger partial charge in [0.1, 0.15) is 0 Å². The van der Waals surface area contributed by atoms with Gasteiger partial charge in [-0.05, 0) is 58.8 Å². The number of carboxylic acids is 1. The second-order valence-corrected chi connectivity index (χ2v) is 6.79. The number of carboxylic acid groups (broad SMARTS) is 1. The number of thiophene rings is 1. The molecule has 0 radical (unpaired) electrons. The summed E-state index contributed by atoms with van der Waals surface area (Å²) in [5, 5.41) is 11.7. The summed E-state index contributed by atoms with van der Waals surface area (Å²) in [6, 6.07) is 8.59. The molecule has 1 aromatic carbocycles. The molecule has 0 spiro atoms. The Hall–Kier alpha value is -1.92. The van der Waals surface area contributed by atoms with E-state index in [2.05, 4.69) is 21.2 Å². The number of halogens is 1. The fourth-order valence-electron chi connectivity index (χ4n) is 1.69. The van der Waals surface area contributed by atoms with Crippen LogP contribution in [0.3, 0.4) is 0 Å². The molecule has 108 valence electrons. The number of anilines is 1. The Bertz CT molecular complexity index is 721. The highest BCUT2D eigenvalue weighted by atomic mass is 79.9. The zero-order valence-corrected chi connectivity index (χ0v) is 13.5. The van der Waals surface area contributed by atoms with Gasteiger partial charge in [-0.25, -0.2) is 4.79 Å². The van der Waals surface area contributed by atoms with Crippen LogP contribution in [0, 0.1) is 6.92 Å². The number of hydrogen-bond donors (Lipinski definition) is 2. The molecule has 21 heavy (non-hydrogen) atoms. The smallest absolute Gasteiger partial charge is 0.336 e. The molecule has 0 fully saturated rings. The minimum absolute atomic E-state index is 0.180. The second-order valence-electron chi connectivity index (χ2n) is 4.30. The highest BCUT2D eigenvalue weighted by Crippen LogP contribution is 2.23. The predicted octanol–water partition coefficient (Wildman–Crippen LogP) is 4.17. The van der Waals surface area contributed by atoms with Crippen LogP contribution in [-0.4, -0.2) is 17.0 Å². The van der Waals surface area contributed by atoms with Gasteiger partial charge in [-0.15, -0.1) is 11.3 Å². The quantitative estimate of drug-likeness (QED) is 0.799. The largest absolute Gasteiger partial charge is 0.478 e. The summed E-state index contributed by atoms with van der Waals surface area (Å²) in [5.74, 6) is -1.32. The van der Waals surface area contributed by atoms with Crippen LogP contribution < -0.4 is 5.32 Å². The zero-order chi connectivity index (χ0) is 15.4. The van der Waals surface area contributed by atoms with E-state index in [1.165, 1.54) is 23.5 Å². The predicted molar refractivity (Wildman–Crippen MR) is 87.8 cm³/mol. The first-order valence-corrected chi connectivity index (χ1v) is 7.65. The molecular formula is C15H12BrNO3S. The average Bonchev–Trinajstić information content (AvgIpc) is 2.84. The number of carbonyl (C=O) groups excluding carboxylic acids is 1. The van der Waals surface area contributed by atoms with Crippen molar-refractivity contribution in [1.82, 2.24) is 0 Å². The molecule has 2 N–H and O–H groups in total. The molecule has 1 amide bonds. The van der Waals surface area contributed by atoms with Gasteiger partial charge in [0.25, 0.3) is 0 Å². The van der Waals surface area contributed by atoms with E-state index in [1.54, 1.807) is 25.1 Å². The first-order valence-electron chi connectivity index (χ1n) is 6.04. The molecule has 2 rings (SSSR count). The minimum atomic E-state index is -1.01. The van der Waals surface area contributed by atoms with E-state index < -0.39 is 5.97 Å². The summed E-state index contributed by atoms with van der Waals surface area (Å²) in [6.07, 6.45) is 3.12. The summed E-state index contributed by atoms with van der Waals surface area (Å²) < 4.78 is 0.993. The van der Waals surface area contributed by atoms with Crippen molar-refractivity contribution in [2.45, 2.75) is 6.92 Å². The lowest BCUT2D eigenvalue weighted by atomic mass is 10.1. The first kappa shape index (κ1) is 15.5. The molecule has 0 atom stereocenters. The summed E-state index contributed by atoms with van der Waals surface area (Å²) in [7, 11) is 0. The third-order valence-corrected chi connectivity index (χ3v) is 4.32. The molecule has 0 bridgehead atoms. The highest BCUT2D eigenvalue weighted by molar-refractivity contribution is 9.11. The number of rotatable bonds is 4. The fraction of sp³-hybridized carbons (Fsp3) is 0.0667. The standard InChI is InChI=1S/C15H12BrNO3S/c1-9-2-3-10(8-12(9)15(19)20)17-14(18)7-5-11-4-6-13(16)21-11/h2-8H,1H3,(H,17,18)(H,19,20). The van der Waals surface area contributed by atoms with Crippen LogP contribution >= 0.6 is 27.3 Å². The zero-order valence-electron chi connectivity index (χ0n) is 11.1. The van der Waals surface area contributed by atoms with Crippen molar-refractivity contribution in [2.24, 2.45) is 0 Å². The molecule has 0 aliphatic heterocycles. The molecule has 4 nitrogen and oxygen atoms in total. The van der Waals surface area contributed by atoms with E-state index in [0.717, 1.165) is 8.66 Å². The summed E-state index contributed by atoms with van der Waals surface area (Å²) in [6.45, 7) is 1.71. The second kappa shape index (κ2) is 6.69. The van der Waals surface area contributed by atoms with Gasteiger partial charge < -0.3 is 10.4 Å². The van der Waals surface area contributed by atoms with E-state index in [1.807, 2.05) is 12.1 Å². The Balaban J connectivity index is 2.07. The van der Waals surface area contributed by atoms with Gasteiger partial charge >= 0.3 is 5.97 Å². The molecule has 0 aliphatic carbocycles. The van der Waals surface area contributed by atoms with E-state index in [-0.39, 0.29) is 11.5 Å². The van der Waals surface area contributed by atoms with Crippen molar-refractivity contribution in [3.8, 4) is 0 Å². The van der Waals surface area contributed by atoms with Crippen LogP contribution in [0.5, 0.6) is 0 Å². The third-order valence-electron chi connectivity index (χ3n) is 2.73. The van der Waals surface area contributed by atoms with Crippen LogP contribution in [0.15, 0.2) is 40.2 Å². The molecule has 0 saturated heterocycles. The van der Waals surface area contributed by atoms with E-state index in [4.69, 9.17) is 5.11 Å². The van der Waals surface area contributed by atoms with Crippen LogP contribution in [0.4, 0.5) is 5.69 Å². The van der Waals surface area contributed by atoms with Gasteiger partial charge in [0.2, 0.25) is 5.91 Å². The lowest BCUT2D eigenvalue weighted by Gasteiger charge is -2.05. The van der Waals surface area contributed by atoms with Gasteiger partial charge in [0.05, 0.1) is 9.35 Å². The molecule has 0 unspecified atom stereocenters. The maximum atomic E-state index is 11.8. The Labute approximate surface area is 134 Å². The monoisotopic (exact) mass is 365 g/mol. The normalized spacial score (nSPS) is 10.8. The highest BCUT2D eigenvalue weighted by Gasteiger charge is 2.08. The molecule has 1 heterocycles. The summed E-state index contributed by atoms with van der Waals surface area (Å²) in [5.41, 5.74) is 1.29. The van der Waals surface area contributed by atoms with Crippen molar-refractivity contribution in [1.29, 1.82) is 0 Å². The number of aromatic carboxylic acids is 1. The maximum absolute atomic E-state index is 11.8. The van der Waals surface area contributed by atoms with Gasteiger partial charge in [-0.1, -0.05) is 6.07 Å². The third kappa shape index (κ3) is 4.27. The van der Waals surface area contributed by atoms with Crippen molar-refractivity contribution in [3.63, 3.8) is 0 Å². The van der Waals surface area contributed by atoms with E-state index >= 15 is 0 Å². The number of benzene rings is 1. The summed E-state index contributed by atoms with van der Waals surface area (Å²) in [4.78, 5) is 23.8. The maximum Gasteiger partial charge on any atom is 0.336 e. The molecular weight excluding hydrogens is 354 g/mol. The van der Waals surface area contributed by atoms with Gasteiger partial charge in [0, 0.05) is 16.6 Å². The molecule has 2 aromatic rings. The number of carbonyl (C=O) groups is 2. The van der Waals surface area contributed by atoms with Crippen LogP contribution in [0.1, 0.15) is 20.8 Å². The van der Waals surface area contributed by atoms with Gasteiger partial charge in [-0.3, -0.25) is 4.79 Å². The van der Waals surface area contributed by atoms with Crippen LogP contribution in [0.2, 0.25) is 0 Å². The molecule has 0 aliphatic rings. The van der Waals surface area contributed by atoms with Crippen LogP contribution in [0.25, 0.3) is 6.08 Å². The number of hydrogen-bond acceptors (Lipinski definition) is 3. The van der Waals surface area contributed by atoms with Crippen molar-refractivity contribution >= 4 is 50.9 Å². The van der Waals surface area contributed by atoms with Crippen molar-refractivity contribution in [2.75, 3.05) is 5.32 Å². The van der Waals surface area contributed by atoms with Crippen molar-refractivity contribution in [3.05, 3.63) is 56.2 Å². The molecule has 1 aromatic heterocycles. The number of amides is 1. The summed E-state index contributed by atoms with van der Waals surface area (Å²) >= 11 is 4.87. The van der Waals surface area contributed by atoms with E-state index in [9.17, 15) is 9.59 Å². The number of aryl methyl sites for hydroxylation is 1. The SMILES string of the molecule is Cc1ccc(NC(=O)C=Cc2ccc(Br)s2)cc1C(=O)O. The average molecular weight is 366 g/mol. The number of nitrogens with one attached hydrogen (secondary N) is 1. The lowest BCUT2D eigenvalue weighted by Crippen LogP contribution is -2.09. The Morgan fingerprint density at radius 1 is 1.29 bits per heavy atom. The topological polar surface area (TPSA) is 66.4 Å². The minimum Gasteiger partial charge on any atom is -0.478 e. The van der Waals surface area contributed by atoms with Crippen LogP contribution in [-0.2, 0) is 4.79 Å². The van der Waals surface area contributed by atoms with Gasteiger partial charge in [-0.2, -0.15) is 0 Å². The van der Waals surface area contributed by atoms with Crippen molar-refractivity contribution < 1.29 is 14.7 Å². The first-order chi connectivity index (χ1) is 9.95. The molecule has 6 heteroatoms. The van der Waals surface area contributed by atoms with E-state index in [0.29, 0.717) is 11.3 Å². The Morgan fingerprint density at radius 2 is 2.05 bits per heavy atom.